The Balaban J connectivity index is 1.54. The van der Waals surface area contributed by atoms with Gasteiger partial charge in [0.15, 0.2) is 0 Å². The number of methoxy groups -OCH3 is 1. The van der Waals surface area contributed by atoms with Crippen LogP contribution in [-0.2, 0) is 6.54 Å². The molecule has 37 heavy (non-hydrogen) atoms. The smallest absolute Gasteiger partial charge is 0.266 e. The highest BCUT2D eigenvalue weighted by Crippen LogP contribution is 2.40. The molecule has 2 aromatic heterocycles. The van der Waals surface area contributed by atoms with Gasteiger partial charge >= 0.3 is 0 Å². The minimum Gasteiger partial charge on any atom is -0.496 e. The molecule has 0 saturated heterocycles. The van der Waals surface area contributed by atoms with Gasteiger partial charge in [-0.15, -0.1) is 11.3 Å². The summed E-state index contributed by atoms with van der Waals surface area (Å²) < 4.78 is 21.0. The summed E-state index contributed by atoms with van der Waals surface area (Å²) in [7, 11) is 1.65. The lowest BCUT2D eigenvalue weighted by Crippen LogP contribution is -2.41. The predicted octanol–water partition coefficient (Wildman–Crippen LogP) is 8.38. The van der Waals surface area contributed by atoms with Gasteiger partial charge in [-0.05, 0) is 67.5 Å². The number of fused-ring (bicyclic) bond motifs is 1. The van der Waals surface area contributed by atoms with E-state index in [0.717, 1.165) is 54.5 Å². The second-order valence-electron chi connectivity index (χ2n) is 9.64. The molecule has 1 fully saturated rings. The monoisotopic (exact) mass is 536 g/mol. The number of aromatic nitrogens is 1. The van der Waals surface area contributed by atoms with Crippen LogP contribution in [0.15, 0.2) is 60.9 Å². The van der Waals surface area contributed by atoms with Crippen LogP contribution in [0.1, 0.15) is 54.3 Å². The Bertz CT molecular complexity index is 1400. The molecule has 0 radical (unpaired) electrons. The number of amides is 1. The fourth-order valence-corrected chi connectivity index (χ4v) is 6.88. The summed E-state index contributed by atoms with van der Waals surface area (Å²) in [6.07, 6.45) is 8.78. The molecule has 0 atom stereocenters. The van der Waals surface area contributed by atoms with Crippen molar-refractivity contribution in [2.24, 2.45) is 5.92 Å². The lowest BCUT2D eigenvalue weighted by Gasteiger charge is -2.37. The maximum absolute atomic E-state index is 14.6. The third-order valence-corrected chi connectivity index (χ3v) is 9.14. The molecule has 0 spiro atoms. The standard InChI is InChI=1S/C30H30ClFN2O2S/c1-3-19-9-12-23(13-10-19)34(30(35)29-28(31)27-24(32)7-4-8-26(27)37-29)18-22-16-20(11-14-25(22)36-2)21-6-5-15-33-17-21/h4-8,11,14-17,19,23H,3,9-10,12-13,18H2,1-2H3. The molecule has 7 heteroatoms. The minimum absolute atomic E-state index is 0.0770. The Hall–Kier alpha value is -2.96. The van der Waals surface area contributed by atoms with Gasteiger partial charge in [-0.25, -0.2) is 4.39 Å². The van der Waals surface area contributed by atoms with Crippen LogP contribution in [0.4, 0.5) is 4.39 Å². The van der Waals surface area contributed by atoms with E-state index in [-0.39, 0.29) is 17.0 Å². The first-order valence-corrected chi connectivity index (χ1v) is 13.9. The number of benzene rings is 2. The molecule has 4 nitrogen and oxygen atoms in total. The maximum Gasteiger partial charge on any atom is 0.266 e. The number of halogens is 2. The summed E-state index contributed by atoms with van der Waals surface area (Å²) >= 11 is 7.91. The summed E-state index contributed by atoms with van der Waals surface area (Å²) in [4.78, 5) is 20.7. The summed E-state index contributed by atoms with van der Waals surface area (Å²) in [5, 5.41) is 0.523. The number of nitrogens with zero attached hydrogens (tertiary/aromatic N) is 2. The summed E-state index contributed by atoms with van der Waals surface area (Å²) in [5.74, 6) is 0.859. The molecule has 4 aromatic rings. The number of hydrogen-bond donors (Lipinski definition) is 0. The molecule has 0 bridgehead atoms. The van der Waals surface area contributed by atoms with Crippen LogP contribution in [0.5, 0.6) is 5.75 Å². The van der Waals surface area contributed by atoms with E-state index in [1.165, 1.54) is 17.4 Å². The van der Waals surface area contributed by atoms with Crippen LogP contribution in [-0.4, -0.2) is 28.9 Å². The zero-order valence-electron chi connectivity index (χ0n) is 21.0. The van der Waals surface area contributed by atoms with Gasteiger partial charge in [0.2, 0.25) is 0 Å². The summed E-state index contributed by atoms with van der Waals surface area (Å²) in [6.45, 7) is 2.61. The van der Waals surface area contributed by atoms with Crippen molar-refractivity contribution < 1.29 is 13.9 Å². The van der Waals surface area contributed by atoms with Crippen LogP contribution in [0, 0.1) is 11.7 Å². The molecule has 0 N–H and O–H groups in total. The number of thiophene rings is 1. The molecule has 0 aliphatic heterocycles. The van der Waals surface area contributed by atoms with Crippen molar-refractivity contribution in [2.75, 3.05) is 7.11 Å². The van der Waals surface area contributed by atoms with E-state index in [9.17, 15) is 9.18 Å². The van der Waals surface area contributed by atoms with Crippen molar-refractivity contribution in [1.29, 1.82) is 0 Å². The highest BCUT2D eigenvalue weighted by Gasteiger charge is 2.32. The van der Waals surface area contributed by atoms with Gasteiger partial charge in [0.05, 0.1) is 12.1 Å². The van der Waals surface area contributed by atoms with E-state index in [0.29, 0.717) is 27.4 Å². The quantitative estimate of drug-likeness (QED) is 0.238. The van der Waals surface area contributed by atoms with Crippen LogP contribution < -0.4 is 4.74 Å². The number of carbonyl (C=O) groups excluding carboxylic acids is 1. The van der Waals surface area contributed by atoms with Crippen molar-refractivity contribution >= 4 is 38.9 Å². The highest BCUT2D eigenvalue weighted by molar-refractivity contribution is 7.21. The van der Waals surface area contributed by atoms with E-state index < -0.39 is 5.82 Å². The fourth-order valence-electron chi connectivity index (χ4n) is 5.37. The third-order valence-electron chi connectivity index (χ3n) is 7.51. The minimum atomic E-state index is -0.404. The predicted molar refractivity (Wildman–Crippen MR) is 149 cm³/mol. The van der Waals surface area contributed by atoms with Crippen molar-refractivity contribution in [3.05, 3.63) is 82.2 Å². The molecular weight excluding hydrogens is 507 g/mol. The second kappa shape index (κ2) is 11.2. The zero-order chi connectivity index (χ0) is 25.9. The molecule has 1 saturated carbocycles. The molecule has 2 aromatic carbocycles. The largest absolute Gasteiger partial charge is 0.496 e. The zero-order valence-corrected chi connectivity index (χ0v) is 22.6. The average molecular weight is 537 g/mol. The molecule has 192 valence electrons. The van der Waals surface area contributed by atoms with Gasteiger partial charge in [0, 0.05) is 46.2 Å². The number of pyridine rings is 1. The first kappa shape index (κ1) is 25.7. The topological polar surface area (TPSA) is 42.4 Å². The Labute approximate surface area is 226 Å². The van der Waals surface area contributed by atoms with E-state index in [1.807, 2.05) is 41.4 Å². The van der Waals surface area contributed by atoms with E-state index in [2.05, 4.69) is 18.0 Å². The first-order valence-electron chi connectivity index (χ1n) is 12.7. The molecular formula is C30H30ClFN2O2S. The normalized spacial score (nSPS) is 17.6. The first-order chi connectivity index (χ1) is 18.0. The summed E-state index contributed by atoms with van der Waals surface area (Å²) in [5.41, 5.74) is 2.92. The fraction of sp³-hybridized carbons (Fsp3) is 0.333. The Morgan fingerprint density at radius 3 is 2.62 bits per heavy atom. The van der Waals surface area contributed by atoms with E-state index >= 15 is 0 Å². The van der Waals surface area contributed by atoms with Gasteiger partial charge < -0.3 is 9.64 Å². The molecule has 5 rings (SSSR count). The molecule has 1 aliphatic rings. The third kappa shape index (κ3) is 5.23. The van der Waals surface area contributed by atoms with Gasteiger partial charge in [0.25, 0.3) is 5.91 Å². The summed E-state index contributed by atoms with van der Waals surface area (Å²) in [6, 6.07) is 14.9. The maximum atomic E-state index is 14.6. The van der Waals surface area contributed by atoms with Crippen molar-refractivity contribution in [1.82, 2.24) is 9.88 Å². The number of ether oxygens (including phenoxy) is 1. The van der Waals surface area contributed by atoms with E-state index in [4.69, 9.17) is 16.3 Å². The molecule has 2 heterocycles. The van der Waals surface area contributed by atoms with Crippen LogP contribution >= 0.6 is 22.9 Å². The van der Waals surface area contributed by atoms with Gasteiger partial charge in [-0.1, -0.05) is 43.1 Å². The highest BCUT2D eigenvalue weighted by atomic mass is 35.5. The lowest BCUT2D eigenvalue weighted by atomic mass is 9.83. The van der Waals surface area contributed by atoms with Crippen molar-refractivity contribution in [3.63, 3.8) is 0 Å². The van der Waals surface area contributed by atoms with E-state index in [1.54, 1.807) is 19.4 Å². The Morgan fingerprint density at radius 1 is 1.14 bits per heavy atom. The molecule has 0 unspecified atom stereocenters. The van der Waals surface area contributed by atoms with Gasteiger partial charge in [-0.2, -0.15) is 0 Å². The lowest BCUT2D eigenvalue weighted by molar-refractivity contribution is 0.0591. The van der Waals surface area contributed by atoms with Gasteiger partial charge in [-0.3, -0.25) is 9.78 Å². The number of hydrogen-bond acceptors (Lipinski definition) is 4. The second-order valence-corrected chi connectivity index (χ2v) is 11.1. The van der Waals surface area contributed by atoms with Crippen LogP contribution in [0.3, 0.4) is 0 Å². The van der Waals surface area contributed by atoms with Crippen LogP contribution in [0.2, 0.25) is 5.02 Å². The van der Waals surface area contributed by atoms with Gasteiger partial charge in [0.1, 0.15) is 16.4 Å². The average Bonchev–Trinajstić information content (AvgIpc) is 3.29. The molecule has 1 amide bonds. The SMILES string of the molecule is CCC1CCC(N(Cc2cc(-c3cccnc3)ccc2OC)C(=O)c2sc3cccc(F)c3c2Cl)CC1. The van der Waals surface area contributed by atoms with Crippen LogP contribution in [0.25, 0.3) is 21.2 Å². The molecule has 1 aliphatic carbocycles. The Morgan fingerprint density at radius 2 is 1.95 bits per heavy atom. The Kier molecular flexibility index (Phi) is 7.77. The number of carbonyl (C=O) groups is 1. The van der Waals surface area contributed by atoms with Crippen molar-refractivity contribution in [2.45, 2.75) is 51.6 Å². The number of rotatable bonds is 7. The van der Waals surface area contributed by atoms with Crippen molar-refractivity contribution in [3.8, 4) is 16.9 Å².